The van der Waals surface area contributed by atoms with Crippen molar-refractivity contribution in [3.05, 3.63) is 47.4 Å². The molecule has 2 rings (SSSR count). The van der Waals surface area contributed by atoms with Crippen LogP contribution in [0.4, 0.5) is 4.53 Å². The number of allylic oxidation sites excluding steroid dienone is 1. The smallest absolute Gasteiger partial charge is 0.193 e. The van der Waals surface area contributed by atoms with Gasteiger partial charge in [0, 0.05) is 9.91 Å². The molecule has 88 valence electrons. The van der Waals surface area contributed by atoms with E-state index in [-0.39, 0.29) is 5.75 Å². The second kappa shape index (κ2) is 4.80. The normalized spacial score (nSPS) is 10.5. The van der Waals surface area contributed by atoms with Gasteiger partial charge >= 0.3 is 0 Å². The largest absolute Gasteiger partial charge is 0.293 e. The molecule has 0 aliphatic heterocycles. The molecule has 0 heterocycles. The number of aryl methyl sites for hydroxylation is 1. The minimum Gasteiger partial charge on any atom is -0.293 e. The van der Waals surface area contributed by atoms with Crippen molar-refractivity contribution in [1.29, 1.82) is 0 Å². The van der Waals surface area contributed by atoms with Crippen molar-refractivity contribution in [1.82, 2.24) is 0 Å². The zero-order valence-corrected chi connectivity index (χ0v) is 10.6. The van der Waals surface area contributed by atoms with E-state index in [4.69, 9.17) is 0 Å². The van der Waals surface area contributed by atoms with Crippen LogP contribution in [0, 0.1) is 6.92 Å². The van der Waals surface area contributed by atoms with Gasteiger partial charge in [0.05, 0.1) is 4.90 Å². The summed E-state index contributed by atoms with van der Waals surface area (Å²) in [5, 5.41) is 1.80. The molecule has 0 saturated heterocycles. The quantitative estimate of drug-likeness (QED) is 0.704. The average Bonchev–Trinajstić information content (AvgIpc) is 2.29. The van der Waals surface area contributed by atoms with E-state index in [2.05, 4.69) is 11.5 Å². The zero-order valence-electron chi connectivity index (χ0n) is 9.79. The van der Waals surface area contributed by atoms with Gasteiger partial charge in [-0.3, -0.25) is 4.94 Å². The summed E-state index contributed by atoms with van der Waals surface area (Å²) in [6.07, 6.45) is 0. The Kier molecular flexibility index (Phi) is 3.38. The molecule has 3 heteroatoms. The molecule has 0 spiro atoms. The third-order valence-corrected chi connectivity index (χ3v) is 3.40. The molecule has 2 aromatic carbocycles. The van der Waals surface area contributed by atoms with Crippen molar-refractivity contribution >= 4 is 22.5 Å². The molecule has 0 bridgehead atoms. The van der Waals surface area contributed by atoms with Crippen molar-refractivity contribution < 1.29 is 9.47 Å². The van der Waals surface area contributed by atoms with E-state index in [1.165, 1.54) is 11.8 Å². The Labute approximate surface area is 104 Å². The van der Waals surface area contributed by atoms with Crippen LogP contribution in [0.3, 0.4) is 0 Å². The van der Waals surface area contributed by atoms with Crippen molar-refractivity contribution in [2.75, 3.05) is 0 Å². The van der Waals surface area contributed by atoms with E-state index < -0.39 is 0 Å². The lowest BCUT2D eigenvalue weighted by molar-refractivity contribution is -0.00754. The van der Waals surface area contributed by atoms with Crippen LogP contribution in [0.2, 0.25) is 0 Å². The van der Waals surface area contributed by atoms with Crippen molar-refractivity contribution in [3.8, 4) is 5.75 Å². The van der Waals surface area contributed by atoms with Gasteiger partial charge in [-0.05, 0) is 35.8 Å². The van der Waals surface area contributed by atoms with Crippen LogP contribution in [0.1, 0.15) is 12.5 Å². The summed E-state index contributed by atoms with van der Waals surface area (Å²) in [6, 6.07) is 9.56. The van der Waals surface area contributed by atoms with E-state index >= 15 is 0 Å². The maximum absolute atomic E-state index is 12.8. The van der Waals surface area contributed by atoms with E-state index in [1.54, 1.807) is 0 Å². The van der Waals surface area contributed by atoms with Crippen molar-refractivity contribution in [2.45, 2.75) is 18.7 Å². The summed E-state index contributed by atoms with van der Waals surface area (Å²) >= 11 is 1.42. The standard InChI is InChI=1S/C14H13FOS/c1-9(2)17-13-8-10(3)11-6-4-5-7-12(11)14(13)16-15/h4-8H,1H2,2-3H3. The van der Waals surface area contributed by atoms with Crippen LogP contribution in [-0.4, -0.2) is 0 Å². The molecule has 17 heavy (non-hydrogen) atoms. The second-order valence-electron chi connectivity index (χ2n) is 3.95. The van der Waals surface area contributed by atoms with Crippen LogP contribution < -0.4 is 4.94 Å². The van der Waals surface area contributed by atoms with Crippen LogP contribution in [0.25, 0.3) is 10.8 Å². The highest BCUT2D eigenvalue weighted by Gasteiger charge is 2.13. The predicted octanol–water partition coefficient (Wildman–Crippen LogP) is 5.04. The van der Waals surface area contributed by atoms with E-state index in [1.807, 2.05) is 44.2 Å². The Bertz CT molecular complexity index is 578. The SMILES string of the molecule is C=C(C)Sc1cc(C)c2ccccc2c1OF. The fraction of sp³-hybridized carbons (Fsp3) is 0.143. The molecule has 0 unspecified atom stereocenters. The Balaban J connectivity index is 2.73. The fourth-order valence-electron chi connectivity index (χ4n) is 1.84. The van der Waals surface area contributed by atoms with Crippen molar-refractivity contribution in [2.24, 2.45) is 0 Å². The van der Waals surface area contributed by atoms with E-state index in [9.17, 15) is 4.53 Å². The van der Waals surface area contributed by atoms with Gasteiger partial charge in [0.15, 0.2) is 5.75 Å². The highest BCUT2D eigenvalue weighted by atomic mass is 32.2. The Morgan fingerprint density at radius 1 is 1.29 bits per heavy atom. The molecule has 1 nitrogen and oxygen atoms in total. The molecule has 2 aromatic rings. The van der Waals surface area contributed by atoms with Crippen molar-refractivity contribution in [3.63, 3.8) is 0 Å². The number of thioether (sulfide) groups is 1. The van der Waals surface area contributed by atoms with Crippen LogP contribution in [-0.2, 0) is 0 Å². The minimum absolute atomic E-state index is 0.277. The van der Waals surface area contributed by atoms with Crippen LogP contribution in [0.15, 0.2) is 46.7 Å². The van der Waals surface area contributed by atoms with Gasteiger partial charge in [-0.15, -0.1) is 0 Å². The fourth-order valence-corrected chi connectivity index (χ4v) is 2.69. The first-order valence-electron chi connectivity index (χ1n) is 5.27. The first kappa shape index (κ1) is 12.0. The first-order chi connectivity index (χ1) is 8.13. The number of hydrogen-bond acceptors (Lipinski definition) is 2. The molecule has 0 N–H and O–H groups in total. The summed E-state index contributed by atoms with van der Waals surface area (Å²) in [6.45, 7) is 7.71. The minimum atomic E-state index is 0.277. The number of benzene rings is 2. The molecule has 0 aliphatic carbocycles. The topological polar surface area (TPSA) is 9.23 Å². The van der Waals surface area contributed by atoms with E-state index in [0.717, 1.165) is 26.1 Å². The van der Waals surface area contributed by atoms with Crippen LogP contribution in [0.5, 0.6) is 5.75 Å². The molecule has 0 aromatic heterocycles. The van der Waals surface area contributed by atoms with Gasteiger partial charge in [-0.1, -0.05) is 42.6 Å². The molecule has 0 fully saturated rings. The number of halogens is 1. The summed E-state index contributed by atoms with van der Waals surface area (Å²) in [5.74, 6) is 0.277. The Morgan fingerprint density at radius 2 is 1.94 bits per heavy atom. The average molecular weight is 248 g/mol. The highest BCUT2D eigenvalue weighted by molar-refractivity contribution is 8.03. The molecular formula is C14H13FOS. The number of rotatable bonds is 3. The van der Waals surface area contributed by atoms with Gasteiger partial charge in [0.25, 0.3) is 0 Å². The molecule has 0 atom stereocenters. The lowest BCUT2D eigenvalue weighted by Crippen LogP contribution is -1.88. The van der Waals surface area contributed by atoms with Gasteiger partial charge in [0.1, 0.15) is 0 Å². The molecule has 0 radical (unpaired) electrons. The number of hydrogen-bond donors (Lipinski definition) is 0. The number of fused-ring (bicyclic) bond motifs is 1. The lowest BCUT2D eigenvalue weighted by Gasteiger charge is -2.10. The first-order valence-corrected chi connectivity index (χ1v) is 6.09. The highest BCUT2D eigenvalue weighted by Crippen LogP contribution is 2.40. The summed E-state index contributed by atoms with van der Waals surface area (Å²) in [7, 11) is 0. The Morgan fingerprint density at radius 3 is 2.53 bits per heavy atom. The predicted molar refractivity (Wildman–Crippen MR) is 71.1 cm³/mol. The summed E-state index contributed by atoms with van der Waals surface area (Å²) in [4.78, 5) is 5.71. The second-order valence-corrected chi connectivity index (χ2v) is 5.29. The van der Waals surface area contributed by atoms with Crippen LogP contribution >= 0.6 is 11.8 Å². The maximum Gasteiger partial charge on any atom is 0.193 e. The molecule has 0 aliphatic rings. The van der Waals surface area contributed by atoms with Gasteiger partial charge in [0.2, 0.25) is 0 Å². The maximum atomic E-state index is 12.8. The third kappa shape index (κ3) is 2.29. The molecular weight excluding hydrogens is 235 g/mol. The molecule has 0 saturated carbocycles. The monoisotopic (exact) mass is 248 g/mol. The lowest BCUT2D eigenvalue weighted by atomic mass is 10.0. The summed E-state index contributed by atoms with van der Waals surface area (Å²) in [5.41, 5.74) is 1.10. The van der Waals surface area contributed by atoms with E-state index in [0.29, 0.717) is 0 Å². The van der Waals surface area contributed by atoms with Gasteiger partial charge in [-0.25, -0.2) is 0 Å². The van der Waals surface area contributed by atoms with Gasteiger partial charge < -0.3 is 0 Å². The Hall–Kier alpha value is -1.48. The molecule has 0 amide bonds. The third-order valence-electron chi connectivity index (χ3n) is 2.53. The zero-order chi connectivity index (χ0) is 12.4. The van der Waals surface area contributed by atoms with Gasteiger partial charge in [-0.2, -0.15) is 0 Å². The summed E-state index contributed by atoms with van der Waals surface area (Å²) < 4.78 is 12.8.